The molecule has 1 atom stereocenters. The minimum Gasteiger partial charge on any atom is -0.482 e. The standard InChI is InChI=1S/C24H24ClF3N8O2/c1-14(6-9-37-23-16(12-33-36(23)2)22-31-8-5-20(29)35-22)34-17-10-19(25)32-11-15(17)21-18(4-3-7-30-21)38-13-24(26,27)28/h3-5,7-8,10-12,14H,6,9,13H2,1-2H3,(H,32,34)(H2,29,31,35)/t14-/m0/s1. The third kappa shape index (κ3) is 6.79. The van der Waals surface area contributed by atoms with Crippen LogP contribution in [0.15, 0.2) is 49.1 Å². The van der Waals surface area contributed by atoms with Gasteiger partial charge in [0.05, 0.1) is 12.8 Å². The van der Waals surface area contributed by atoms with Crippen LogP contribution < -0.4 is 20.5 Å². The van der Waals surface area contributed by atoms with Crippen molar-refractivity contribution in [2.45, 2.75) is 25.6 Å². The molecule has 0 saturated heterocycles. The molecule has 0 radical (unpaired) electrons. The summed E-state index contributed by atoms with van der Waals surface area (Å²) in [5, 5.41) is 7.74. The molecule has 0 saturated carbocycles. The van der Waals surface area contributed by atoms with Gasteiger partial charge in [-0.3, -0.25) is 4.98 Å². The zero-order chi connectivity index (χ0) is 27.3. The third-order valence-electron chi connectivity index (χ3n) is 5.28. The summed E-state index contributed by atoms with van der Waals surface area (Å²) >= 11 is 6.12. The molecule has 200 valence electrons. The number of aryl methyl sites for hydroxylation is 1. The highest BCUT2D eigenvalue weighted by Crippen LogP contribution is 2.35. The van der Waals surface area contributed by atoms with E-state index in [-0.39, 0.29) is 22.6 Å². The number of nitrogens with two attached hydrogens (primary N) is 1. The highest BCUT2D eigenvalue weighted by atomic mass is 35.5. The summed E-state index contributed by atoms with van der Waals surface area (Å²) < 4.78 is 50.8. The number of alkyl halides is 3. The molecule has 0 unspecified atom stereocenters. The predicted octanol–water partition coefficient (Wildman–Crippen LogP) is 4.78. The number of hydrogen-bond donors (Lipinski definition) is 2. The fourth-order valence-corrected chi connectivity index (χ4v) is 3.69. The van der Waals surface area contributed by atoms with Gasteiger partial charge in [-0.1, -0.05) is 11.6 Å². The van der Waals surface area contributed by atoms with Crippen molar-refractivity contribution in [2.24, 2.45) is 7.05 Å². The van der Waals surface area contributed by atoms with Crippen LogP contribution in [0, 0.1) is 0 Å². The fourth-order valence-electron chi connectivity index (χ4n) is 3.53. The number of rotatable bonds is 10. The Hall–Kier alpha value is -4.13. The van der Waals surface area contributed by atoms with E-state index in [2.05, 4.69) is 30.4 Å². The largest absolute Gasteiger partial charge is 0.482 e. The van der Waals surface area contributed by atoms with Gasteiger partial charge in [0.15, 0.2) is 12.4 Å². The van der Waals surface area contributed by atoms with E-state index in [1.165, 1.54) is 24.5 Å². The van der Waals surface area contributed by atoms with E-state index < -0.39 is 12.8 Å². The summed E-state index contributed by atoms with van der Waals surface area (Å²) in [7, 11) is 1.74. The van der Waals surface area contributed by atoms with Crippen LogP contribution in [0.1, 0.15) is 13.3 Å². The summed E-state index contributed by atoms with van der Waals surface area (Å²) in [5.41, 5.74) is 7.54. The fraction of sp³-hybridized carbons (Fsp3) is 0.292. The van der Waals surface area contributed by atoms with Gasteiger partial charge >= 0.3 is 6.18 Å². The lowest BCUT2D eigenvalue weighted by atomic mass is 10.1. The Labute approximate surface area is 221 Å². The van der Waals surface area contributed by atoms with Gasteiger partial charge in [0, 0.05) is 49.4 Å². The monoisotopic (exact) mass is 548 g/mol. The average Bonchev–Trinajstić information content (AvgIpc) is 3.23. The molecule has 0 bridgehead atoms. The zero-order valence-electron chi connectivity index (χ0n) is 20.4. The molecule has 0 fully saturated rings. The average molecular weight is 549 g/mol. The Bertz CT molecular complexity index is 1400. The first kappa shape index (κ1) is 26.9. The second-order valence-electron chi connectivity index (χ2n) is 8.28. The van der Waals surface area contributed by atoms with E-state index in [9.17, 15) is 13.2 Å². The summed E-state index contributed by atoms with van der Waals surface area (Å²) in [4.78, 5) is 16.8. The molecule has 14 heteroatoms. The summed E-state index contributed by atoms with van der Waals surface area (Å²) in [6, 6.07) is 5.93. The lowest BCUT2D eigenvalue weighted by molar-refractivity contribution is -0.153. The molecule has 0 aliphatic heterocycles. The molecule has 0 spiro atoms. The van der Waals surface area contributed by atoms with Crippen molar-refractivity contribution in [2.75, 3.05) is 24.3 Å². The maximum atomic E-state index is 12.7. The van der Waals surface area contributed by atoms with Crippen molar-refractivity contribution in [3.63, 3.8) is 0 Å². The minimum atomic E-state index is -4.49. The number of halogens is 4. The molecule has 3 N–H and O–H groups in total. The Morgan fingerprint density at radius 3 is 2.68 bits per heavy atom. The Morgan fingerprint density at radius 2 is 1.92 bits per heavy atom. The van der Waals surface area contributed by atoms with E-state index in [1.807, 2.05) is 6.92 Å². The molecule has 0 aliphatic rings. The van der Waals surface area contributed by atoms with Gasteiger partial charge in [-0.05, 0) is 31.2 Å². The number of nitrogen functional groups attached to an aromatic ring is 1. The highest BCUT2D eigenvalue weighted by molar-refractivity contribution is 6.29. The second kappa shape index (κ2) is 11.5. The van der Waals surface area contributed by atoms with Gasteiger partial charge in [-0.15, -0.1) is 0 Å². The van der Waals surface area contributed by atoms with Crippen molar-refractivity contribution in [1.82, 2.24) is 29.7 Å². The van der Waals surface area contributed by atoms with E-state index in [0.29, 0.717) is 47.4 Å². The van der Waals surface area contributed by atoms with Crippen LogP contribution in [0.5, 0.6) is 11.6 Å². The number of nitrogens with one attached hydrogen (secondary N) is 1. The topological polar surface area (TPSA) is 126 Å². The van der Waals surface area contributed by atoms with Gasteiger partial charge < -0.3 is 20.5 Å². The van der Waals surface area contributed by atoms with Crippen LogP contribution in [-0.4, -0.2) is 55.1 Å². The number of nitrogens with zero attached hydrogens (tertiary/aromatic N) is 6. The maximum absolute atomic E-state index is 12.7. The van der Waals surface area contributed by atoms with Gasteiger partial charge in [0.25, 0.3) is 0 Å². The van der Waals surface area contributed by atoms with Crippen molar-refractivity contribution >= 4 is 23.1 Å². The van der Waals surface area contributed by atoms with E-state index in [4.69, 9.17) is 26.8 Å². The molecule has 38 heavy (non-hydrogen) atoms. The molecule has 10 nitrogen and oxygen atoms in total. The lowest BCUT2D eigenvalue weighted by Gasteiger charge is -2.19. The minimum absolute atomic E-state index is 0.0273. The van der Waals surface area contributed by atoms with Gasteiger partial charge in [-0.25, -0.2) is 19.6 Å². The van der Waals surface area contributed by atoms with Crippen molar-refractivity contribution < 1.29 is 22.6 Å². The quantitative estimate of drug-likeness (QED) is 0.269. The lowest BCUT2D eigenvalue weighted by Crippen LogP contribution is -2.20. The number of aromatic nitrogens is 6. The van der Waals surface area contributed by atoms with Crippen LogP contribution in [0.3, 0.4) is 0 Å². The van der Waals surface area contributed by atoms with Crippen LogP contribution in [0.4, 0.5) is 24.7 Å². The highest BCUT2D eigenvalue weighted by Gasteiger charge is 2.29. The molecule has 4 aromatic heterocycles. The van der Waals surface area contributed by atoms with Gasteiger partial charge in [0.2, 0.25) is 5.88 Å². The molecule has 4 aromatic rings. The van der Waals surface area contributed by atoms with Crippen LogP contribution in [0.2, 0.25) is 5.15 Å². The molecule has 0 aliphatic carbocycles. The molecule has 0 amide bonds. The van der Waals surface area contributed by atoms with E-state index in [0.717, 1.165) is 0 Å². The third-order valence-corrected chi connectivity index (χ3v) is 5.49. The molecular formula is C24H24ClF3N8O2. The smallest absolute Gasteiger partial charge is 0.422 e. The summed E-state index contributed by atoms with van der Waals surface area (Å²) in [5.74, 6) is 1.18. The molecular weight excluding hydrogens is 525 g/mol. The first-order valence-electron chi connectivity index (χ1n) is 11.4. The number of ether oxygens (including phenoxy) is 2. The van der Waals surface area contributed by atoms with Crippen LogP contribution >= 0.6 is 11.6 Å². The second-order valence-corrected chi connectivity index (χ2v) is 8.67. The first-order valence-corrected chi connectivity index (χ1v) is 11.8. The van der Waals surface area contributed by atoms with Gasteiger partial charge in [-0.2, -0.15) is 18.3 Å². The number of hydrogen-bond acceptors (Lipinski definition) is 9. The van der Waals surface area contributed by atoms with E-state index in [1.54, 1.807) is 36.3 Å². The van der Waals surface area contributed by atoms with Crippen molar-refractivity contribution in [3.8, 4) is 34.3 Å². The summed E-state index contributed by atoms with van der Waals surface area (Å²) in [6.07, 6.45) is 2.10. The normalized spacial score (nSPS) is 12.3. The Morgan fingerprint density at radius 1 is 1.11 bits per heavy atom. The Kier molecular flexibility index (Phi) is 8.15. The molecule has 4 heterocycles. The SMILES string of the molecule is C[C@@H](CCOc1c(-c2nccc(N)n2)cnn1C)Nc1cc(Cl)ncc1-c1ncccc1OCC(F)(F)F. The first-order chi connectivity index (χ1) is 18.1. The maximum Gasteiger partial charge on any atom is 0.422 e. The van der Waals surface area contributed by atoms with Gasteiger partial charge in [0.1, 0.15) is 28.0 Å². The van der Waals surface area contributed by atoms with Crippen molar-refractivity contribution in [3.05, 3.63) is 54.2 Å². The predicted molar refractivity (Wildman–Crippen MR) is 136 cm³/mol. The van der Waals surface area contributed by atoms with Crippen molar-refractivity contribution in [1.29, 1.82) is 0 Å². The molecule has 4 rings (SSSR count). The zero-order valence-corrected chi connectivity index (χ0v) is 21.2. The van der Waals surface area contributed by atoms with E-state index >= 15 is 0 Å². The van der Waals surface area contributed by atoms with Crippen LogP contribution in [-0.2, 0) is 7.05 Å². The summed E-state index contributed by atoms with van der Waals surface area (Å²) in [6.45, 7) is 0.784. The molecule has 0 aromatic carbocycles. The number of pyridine rings is 2. The number of anilines is 2. The van der Waals surface area contributed by atoms with Crippen LogP contribution in [0.25, 0.3) is 22.6 Å². The Balaban J connectivity index is 1.46.